The average molecular weight is 433 g/mol. The molecule has 1 aromatic heterocycles. The molecular formula is C23H32N2O4S. The second kappa shape index (κ2) is 8.46. The van der Waals surface area contributed by atoms with Gasteiger partial charge in [-0.05, 0) is 45.0 Å². The maximum Gasteiger partial charge on any atom is 0.410 e. The fourth-order valence-corrected chi connectivity index (χ4v) is 4.69. The smallest absolute Gasteiger partial charge is 0.410 e. The number of hydrogen-bond acceptors (Lipinski definition) is 4. The second-order valence-corrected chi connectivity index (χ2v) is 9.70. The van der Waals surface area contributed by atoms with Gasteiger partial charge in [-0.1, -0.05) is 26.0 Å². The Balaban J connectivity index is 0.00000124. The summed E-state index contributed by atoms with van der Waals surface area (Å²) in [5, 5.41) is 0.764. The van der Waals surface area contributed by atoms with E-state index in [-0.39, 0.29) is 6.09 Å². The van der Waals surface area contributed by atoms with Crippen molar-refractivity contribution in [3.63, 3.8) is 0 Å². The Labute approximate surface area is 181 Å². The van der Waals surface area contributed by atoms with E-state index in [9.17, 15) is 9.00 Å². The first-order valence-corrected chi connectivity index (χ1v) is 12.1. The van der Waals surface area contributed by atoms with Crippen LogP contribution in [-0.2, 0) is 21.1 Å². The van der Waals surface area contributed by atoms with Gasteiger partial charge < -0.3 is 14.4 Å². The van der Waals surface area contributed by atoms with Crippen molar-refractivity contribution in [1.29, 1.82) is 0 Å². The number of carbonyl (C=O) groups excluding carboxylic acids is 1. The highest BCUT2D eigenvalue weighted by atomic mass is 32.2. The molecule has 0 aliphatic carbocycles. The summed E-state index contributed by atoms with van der Waals surface area (Å²) in [6.45, 7) is 10.7. The third kappa shape index (κ3) is 4.13. The van der Waals surface area contributed by atoms with Gasteiger partial charge in [0.05, 0.1) is 22.2 Å². The van der Waals surface area contributed by atoms with Crippen molar-refractivity contribution < 1.29 is 18.5 Å². The van der Waals surface area contributed by atoms with Crippen LogP contribution in [0.25, 0.3) is 5.69 Å². The third-order valence-electron chi connectivity index (χ3n) is 5.24. The van der Waals surface area contributed by atoms with E-state index in [1.54, 1.807) is 11.2 Å². The zero-order valence-corrected chi connectivity index (χ0v) is 19.5. The summed E-state index contributed by atoms with van der Waals surface area (Å²) in [5.41, 5.74) is 0.860. The van der Waals surface area contributed by atoms with Crippen molar-refractivity contribution in [2.75, 3.05) is 19.3 Å². The van der Waals surface area contributed by atoms with Crippen LogP contribution in [0, 0.1) is 0 Å². The number of aromatic nitrogens is 1. The Hall–Kier alpha value is -2.28. The zero-order chi connectivity index (χ0) is 22.1. The van der Waals surface area contributed by atoms with Crippen molar-refractivity contribution in [1.82, 2.24) is 9.47 Å². The molecular weight excluding hydrogens is 400 g/mol. The minimum absolute atomic E-state index is 0.288. The maximum absolute atomic E-state index is 12.4. The second-order valence-electron chi connectivity index (χ2n) is 8.38. The highest BCUT2D eigenvalue weighted by Crippen LogP contribution is 2.46. The lowest BCUT2D eigenvalue weighted by Gasteiger charge is -2.45. The summed E-state index contributed by atoms with van der Waals surface area (Å²) in [6, 6.07) is 11.8. The molecule has 1 spiro atoms. The van der Waals surface area contributed by atoms with Crippen molar-refractivity contribution in [2.45, 2.75) is 63.7 Å². The van der Waals surface area contributed by atoms with E-state index in [0.29, 0.717) is 25.9 Å². The van der Waals surface area contributed by atoms with E-state index >= 15 is 0 Å². The van der Waals surface area contributed by atoms with Crippen LogP contribution in [0.4, 0.5) is 4.79 Å². The SMILES string of the molecule is CC.CS(=O)c1ccc2n1-c1ccccc1OC21CCN(C(=O)OC(C)(C)C)CC1. The summed E-state index contributed by atoms with van der Waals surface area (Å²) in [6.07, 6.45) is 2.71. The molecule has 0 N–H and O–H groups in total. The van der Waals surface area contributed by atoms with Gasteiger partial charge in [0.2, 0.25) is 0 Å². The number of likely N-dealkylation sites (tertiary alicyclic amines) is 1. The lowest BCUT2D eigenvalue weighted by molar-refractivity contribution is -0.0272. The van der Waals surface area contributed by atoms with E-state index < -0.39 is 22.0 Å². The number of amides is 1. The van der Waals surface area contributed by atoms with Crippen molar-refractivity contribution in [3.05, 3.63) is 42.1 Å². The minimum atomic E-state index is -1.12. The van der Waals surface area contributed by atoms with Gasteiger partial charge >= 0.3 is 6.09 Å². The number of rotatable bonds is 1. The monoisotopic (exact) mass is 432 g/mol. The van der Waals surface area contributed by atoms with Crippen LogP contribution < -0.4 is 4.74 Å². The van der Waals surface area contributed by atoms with E-state index in [4.69, 9.17) is 9.47 Å². The molecule has 2 aromatic rings. The predicted octanol–water partition coefficient (Wildman–Crippen LogP) is 4.86. The molecule has 30 heavy (non-hydrogen) atoms. The Kier molecular flexibility index (Phi) is 6.32. The van der Waals surface area contributed by atoms with Gasteiger partial charge in [-0.2, -0.15) is 0 Å². The van der Waals surface area contributed by atoms with Crippen molar-refractivity contribution >= 4 is 16.9 Å². The molecule has 1 fully saturated rings. The molecule has 1 atom stereocenters. The number of fused-ring (bicyclic) bond motifs is 4. The van der Waals surface area contributed by atoms with Gasteiger partial charge in [0, 0.05) is 32.2 Å². The molecule has 0 bridgehead atoms. The minimum Gasteiger partial charge on any atom is -0.479 e. The zero-order valence-electron chi connectivity index (χ0n) is 18.7. The summed E-state index contributed by atoms with van der Waals surface area (Å²) >= 11 is 0. The van der Waals surface area contributed by atoms with Gasteiger partial charge in [0.25, 0.3) is 0 Å². The normalized spacial score (nSPS) is 17.7. The highest BCUT2D eigenvalue weighted by Gasteiger charge is 2.46. The highest BCUT2D eigenvalue weighted by molar-refractivity contribution is 7.84. The predicted molar refractivity (Wildman–Crippen MR) is 119 cm³/mol. The number of ether oxygens (including phenoxy) is 2. The fraction of sp³-hybridized carbons (Fsp3) is 0.522. The van der Waals surface area contributed by atoms with Gasteiger partial charge in [-0.15, -0.1) is 0 Å². The molecule has 1 amide bonds. The average Bonchev–Trinajstić information content (AvgIpc) is 3.16. The summed E-state index contributed by atoms with van der Waals surface area (Å²) < 4.78 is 26.4. The Morgan fingerprint density at radius 2 is 1.73 bits per heavy atom. The Morgan fingerprint density at radius 1 is 1.10 bits per heavy atom. The molecule has 6 nitrogen and oxygen atoms in total. The number of benzene rings is 1. The van der Waals surface area contributed by atoms with Crippen molar-refractivity contribution in [2.24, 2.45) is 0 Å². The van der Waals surface area contributed by atoms with Gasteiger partial charge in [-0.25, -0.2) is 4.79 Å². The number of para-hydroxylation sites is 2. The van der Waals surface area contributed by atoms with E-state index in [1.807, 2.05) is 71.0 Å². The standard InChI is InChI=1S/C21H26N2O4S.C2H6/c1-20(2,3)27-19(24)22-13-11-21(12-14-22)17-9-10-18(28(4)25)23(17)15-7-5-6-8-16(15)26-21;1-2/h5-10H,11-14H2,1-4H3;1-2H3. The molecule has 0 saturated carbocycles. The van der Waals surface area contributed by atoms with Crippen LogP contribution in [0.3, 0.4) is 0 Å². The first-order chi connectivity index (χ1) is 14.2. The number of carbonyl (C=O) groups is 1. The Bertz CT molecular complexity index is 937. The largest absolute Gasteiger partial charge is 0.479 e. The fourth-order valence-electron chi connectivity index (χ4n) is 3.97. The third-order valence-corrected chi connectivity index (χ3v) is 6.15. The summed E-state index contributed by atoms with van der Waals surface area (Å²) in [5.74, 6) is 0.781. The van der Waals surface area contributed by atoms with E-state index in [2.05, 4.69) is 4.57 Å². The molecule has 2 aliphatic rings. The lowest BCUT2D eigenvalue weighted by Crippen LogP contribution is -2.50. The number of hydrogen-bond donors (Lipinski definition) is 0. The molecule has 1 saturated heterocycles. The van der Waals surface area contributed by atoms with Crippen LogP contribution in [-0.4, -0.2) is 44.7 Å². The molecule has 164 valence electrons. The van der Waals surface area contributed by atoms with Gasteiger partial charge in [-0.3, -0.25) is 8.78 Å². The molecule has 3 heterocycles. The van der Waals surface area contributed by atoms with Crippen LogP contribution in [0.2, 0.25) is 0 Å². The first-order valence-electron chi connectivity index (χ1n) is 10.5. The van der Waals surface area contributed by atoms with Crippen LogP contribution >= 0.6 is 0 Å². The molecule has 0 radical (unpaired) electrons. The molecule has 4 rings (SSSR count). The molecule has 1 unspecified atom stereocenters. The summed E-state index contributed by atoms with van der Waals surface area (Å²) in [4.78, 5) is 14.2. The topological polar surface area (TPSA) is 60.8 Å². The van der Waals surface area contributed by atoms with Crippen molar-refractivity contribution in [3.8, 4) is 11.4 Å². The van der Waals surface area contributed by atoms with Crippen LogP contribution in [0.1, 0.15) is 53.2 Å². The lowest BCUT2D eigenvalue weighted by atomic mass is 9.86. The van der Waals surface area contributed by atoms with Gasteiger partial charge in [0.1, 0.15) is 16.4 Å². The van der Waals surface area contributed by atoms with Crippen LogP contribution in [0.5, 0.6) is 5.75 Å². The Morgan fingerprint density at radius 3 is 2.33 bits per heavy atom. The van der Waals surface area contributed by atoms with E-state index in [0.717, 1.165) is 22.2 Å². The van der Waals surface area contributed by atoms with Gasteiger partial charge in [0.15, 0.2) is 5.60 Å². The summed E-state index contributed by atoms with van der Waals surface area (Å²) in [7, 11) is -1.12. The van der Waals surface area contributed by atoms with E-state index in [1.165, 1.54) is 0 Å². The maximum atomic E-state index is 12.4. The number of piperidine rings is 1. The molecule has 1 aromatic carbocycles. The quantitative estimate of drug-likeness (QED) is 0.646. The van der Waals surface area contributed by atoms with Crippen LogP contribution in [0.15, 0.2) is 41.4 Å². The molecule has 7 heteroatoms. The molecule has 2 aliphatic heterocycles. The number of nitrogens with zero attached hydrogens (tertiary/aromatic N) is 2. The first kappa shape index (κ1) is 22.4.